The van der Waals surface area contributed by atoms with Gasteiger partial charge in [-0.3, -0.25) is 85.9 Å². The van der Waals surface area contributed by atoms with Gasteiger partial charge >= 0.3 is 30.1 Å². The molecule has 790 valence electrons. The van der Waals surface area contributed by atoms with Crippen LogP contribution in [0.4, 0.5) is 67.2 Å². The van der Waals surface area contributed by atoms with E-state index in [9.17, 15) is 110 Å². The normalized spacial score (nSPS) is 17.9. The fraction of sp³-hybridized carbons (Fsp3) is 0.326. The number of benzene rings is 4. The number of hydrogen-bond acceptors (Lipinski definition) is 27. The number of halogens is 14. The fourth-order valence-corrected chi connectivity index (χ4v) is 19.3. The summed E-state index contributed by atoms with van der Waals surface area (Å²) >= 11 is 15.9. The number of hydrogen-bond donors (Lipinski definition) is 8. The van der Waals surface area contributed by atoms with Crippen molar-refractivity contribution in [2.75, 3.05) is 72.5 Å². The number of aliphatic carboxylic acids is 1. The van der Waals surface area contributed by atoms with Crippen molar-refractivity contribution in [1.82, 2.24) is 79.1 Å². The lowest BCUT2D eigenvalue weighted by Crippen LogP contribution is -2.44. The number of nitrogens with two attached hydrogens (primary N) is 1. The number of likely N-dealkylation sites (tertiary alicyclic amines) is 3. The number of carbonyl (C=O) groups excluding carboxylic acids is 13. The third-order valence-corrected chi connectivity index (χ3v) is 28.0. The molecule has 4 aliphatic rings. The van der Waals surface area contributed by atoms with Gasteiger partial charge in [0.1, 0.15) is 133 Å². The Morgan fingerprint density at radius 2 is 0.772 bits per heavy atom. The predicted octanol–water partition coefficient (Wildman–Crippen LogP) is 14.1. The maximum atomic E-state index is 14.4. The lowest BCUT2D eigenvalue weighted by Gasteiger charge is -2.23. The number of ketones is 4. The summed E-state index contributed by atoms with van der Waals surface area (Å²) in [4.78, 5) is 191. The maximum absolute atomic E-state index is 14.4. The molecule has 0 spiro atoms. The van der Waals surface area contributed by atoms with Gasteiger partial charge in [-0.25, -0.2) is 46.5 Å². The zero-order valence-corrected chi connectivity index (χ0v) is 88.8. The first-order chi connectivity index (χ1) is 70.1. The average Bonchev–Trinajstić information content (AvgIpc) is 1.64. The first kappa shape index (κ1) is 116. The molecule has 57 heteroatoms. The lowest BCUT2D eigenvalue weighted by molar-refractivity contribution is -0.169. The van der Waals surface area contributed by atoms with Crippen LogP contribution in [0.15, 0.2) is 188 Å². The molecule has 9 amide bonds. The van der Waals surface area contributed by atoms with E-state index in [4.69, 9.17) is 14.7 Å². The van der Waals surface area contributed by atoms with Crippen LogP contribution >= 0.6 is 87.2 Å². The Labute approximate surface area is 884 Å². The van der Waals surface area contributed by atoms with Gasteiger partial charge in [-0.05, 0) is 204 Å². The number of thioether (sulfide) groups is 2. The molecular weight excluding hydrogens is 2320 g/mol. The van der Waals surface area contributed by atoms with Gasteiger partial charge in [-0.1, -0.05) is 35.0 Å². The molecule has 0 aliphatic carbocycles. The van der Waals surface area contributed by atoms with Crippen LogP contribution in [0, 0.1) is 4.78 Å². The van der Waals surface area contributed by atoms with Crippen molar-refractivity contribution >= 4 is 257 Å². The molecule has 4 aromatic carbocycles. The Balaban J connectivity index is 0.000000179. The summed E-state index contributed by atoms with van der Waals surface area (Å²) in [5.41, 5.74) is 6.40. The number of aromatic nitrogens is 12. The number of rotatable bonds is 24. The summed E-state index contributed by atoms with van der Waals surface area (Å²) in [6.07, 6.45) is -8.91. The number of Topliss-reactive ketones (excluding diaryl/α,β-unsaturated/α-hetero) is 4. The number of primary amides is 1. The number of alkyl halides is 10. The standard InChI is InChI=1S/C24H21BrF4N6O4S.C22H22BrFN6O4S.C22H21BrFN5O3S.C12H12N2O3S.C10H11BrFN3O.C2H2F3NO/c1-12(36)21-15-7-6-14(40(2)33-23(39)24(27,28)29)9-16(15)35(32-21)11-20(37)34-10-13(26)8-17(34)22(38)31-19-5-3-4-18(25)30-19;1-12(31)21-15-7-6-14(35(2,25)34)9-16(15)30(28-21)11-20(32)29-10-13(24)8-17(29)22(33)27-19-5-3-4-18(23)26-19;1-12(30)21-15-7-6-14(33-2)9-16(15)29(27-21)11-20(31)28-10-13(24)8-17(28)22(32)26-19-5-3-4-18(23)25-19;1-7(15)12-9-4-3-8(18-2)5-10(9)14(13-12)6-11(16)17;11-8-2-1-3-9(14-8)15-10(16)7-4-6(12)5-13-7;3-2(4,5)1(6)7/h3-7,9,13,17H,8,10-11H2,1-2H3,(H,30,31,38);3-7,9,13,17,25H,8,10-11H2,1-2H3,(H,26,27,33);3-7,9,13,17H,8,10-11H2,1-2H3,(H,25,26,32);3-5H,6H2,1-2H3,(H,16,17);1-3,6-7,13H,4-5H2,(H,14,15,16);(H2,6,7)/t13-,17+,40?;13-,17+,35?;13-,17+;;6-,7+;/m111.1./s1. The van der Waals surface area contributed by atoms with Crippen LogP contribution in [-0.4, -0.2) is 278 Å². The highest BCUT2D eigenvalue weighted by molar-refractivity contribution is 9.11. The topological polar surface area (TPSA) is 531 Å². The van der Waals surface area contributed by atoms with E-state index in [1.54, 1.807) is 90.6 Å². The average molecular weight is 2410 g/mol. The SMILES string of the molecule is CC(=O)c1nn(CC(=O)N2C[C@H](F)C[C@H]2C(=O)Nc2cccc(Br)n2)c2cc(S(C)(=N)=O)ccc12.CC(=O)c1nn(CC(=O)N2C[C@H](F)C[C@H]2C(=O)Nc2cccc(Br)n2)c2cc(S(C)=NC(=O)C(F)(F)F)ccc12.CSc1ccc2c(C(C)=O)nn(CC(=O)N3C[C@H](F)C[C@H]3C(=O)Nc3cccc(Br)n3)c2c1.CSc1ccc2c(C(C)=O)nn(CC(=O)O)c2c1.NC(=O)C(F)(F)F.O=C(Nc1cccc(Br)n1)[C@@H]1C[C@@H](F)CN1. The Morgan fingerprint density at radius 1 is 0.463 bits per heavy atom. The van der Waals surface area contributed by atoms with Crippen LogP contribution in [0.25, 0.3) is 43.6 Å². The number of anilines is 4. The first-order valence-corrected chi connectivity index (χ1v) is 53.1. The van der Waals surface area contributed by atoms with Crippen LogP contribution in [-0.2, 0) is 94.5 Å². The van der Waals surface area contributed by atoms with Crippen molar-refractivity contribution < 1.29 is 120 Å². The zero-order valence-electron chi connectivity index (χ0n) is 79.2. The molecule has 10 atom stereocenters. The van der Waals surface area contributed by atoms with E-state index in [-0.39, 0.29) is 139 Å². The van der Waals surface area contributed by atoms with Crippen molar-refractivity contribution in [1.29, 1.82) is 4.78 Å². The van der Waals surface area contributed by atoms with Gasteiger partial charge in [0.2, 0.25) is 41.4 Å². The molecule has 12 heterocycles. The number of fused-ring (bicyclic) bond motifs is 4. The first-order valence-electron chi connectivity index (χ1n) is 43.9. The van der Waals surface area contributed by atoms with E-state index < -0.39 is 147 Å². The molecule has 0 radical (unpaired) electrons. The zero-order chi connectivity index (χ0) is 109. The highest BCUT2D eigenvalue weighted by Crippen LogP contribution is 2.34. The minimum absolute atomic E-state index is 0.00783. The van der Waals surface area contributed by atoms with Gasteiger partial charge in [0.05, 0.1) is 57.5 Å². The van der Waals surface area contributed by atoms with E-state index in [0.29, 0.717) is 73.8 Å². The van der Waals surface area contributed by atoms with Gasteiger partial charge in [-0.2, -0.15) is 51.1 Å². The van der Waals surface area contributed by atoms with Crippen LogP contribution < -0.4 is 32.3 Å². The number of carboxylic acid groups (broad SMARTS) is 1. The summed E-state index contributed by atoms with van der Waals surface area (Å²) in [6.45, 7) is 3.56. The van der Waals surface area contributed by atoms with Crippen molar-refractivity contribution in [3.8, 4) is 0 Å². The van der Waals surface area contributed by atoms with Crippen LogP contribution in [0.2, 0.25) is 0 Å². The molecule has 12 aromatic rings. The summed E-state index contributed by atoms with van der Waals surface area (Å²) in [5, 5.41) is 41.1. The predicted molar refractivity (Wildman–Crippen MR) is 544 cm³/mol. The summed E-state index contributed by atoms with van der Waals surface area (Å²) in [7, 11) is -4.57. The quantitative estimate of drug-likeness (QED) is 0.0121. The third kappa shape index (κ3) is 30.9. The van der Waals surface area contributed by atoms with E-state index in [1.807, 2.05) is 42.8 Å². The van der Waals surface area contributed by atoms with Gasteiger partial charge in [-0.15, -0.1) is 23.5 Å². The number of carbonyl (C=O) groups is 14. The smallest absolute Gasteiger partial charge is 0.474 e. The number of nitrogens with zero attached hydrogens (tertiary/aromatic N) is 16. The number of carboxylic acids is 1. The second-order valence-electron chi connectivity index (χ2n) is 33.2. The Bertz CT molecular complexity index is 7390. The largest absolute Gasteiger partial charge is 0.480 e. The number of pyridine rings is 4. The maximum Gasteiger partial charge on any atom is 0.474 e. The molecule has 2 unspecified atom stereocenters. The molecule has 4 fully saturated rings. The van der Waals surface area contributed by atoms with Gasteiger partial charge in [0.25, 0.3) is 0 Å². The molecule has 8 aromatic heterocycles. The second-order valence-corrected chi connectivity index (χ2v) is 41.9. The monoisotopic (exact) mass is 2410 g/mol. The Hall–Kier alpha value is -13.1. The molecule has 4 saturated heterocycles. The van der Waals surface area contributed by atoms with Gasteiger partial charge in [0, 0.05) is 107 Å². The molecule has 16 rings (SSSR count). The molecular formula is C92H89Br4F10N23O16S4. The van der Waals surface area contributed by atoms with Crippen molar-refractivity contribution in [3.63, 3.8) is 0 Å². The molecule has 9 N–H and O–H groups in total. The third-order valence-electron chi connectivity index (χ3n) is 22.2. The minimum atomic E-state index is -5.12. The minimum Gasteiger partial charge on any atom is -0.480 e. The summed E-state index contributed by atoms with van der Waals surface area (Å²) in [6, 6.07) is 36.2. The van der Waals surface area contributed by atoms with E-state index in [2.05, 4.69) is 141 Å². The van der Waals surface area contributed by atoms with Crippen LogP contribution in [0.1, 0.15) is 95.3 Å². The molecule has 4 aliphatic heterocycles. The van der Waals surface area contributed by atoms with E-state index >= 15 is 0 Å². The highest BCUT2D eigenvalue weighted by atomic mass is 79.9. The molecule has 0 bridgehead atoms. The van der Waals surface area contributed by atoms with E-state index in [1.165, 1.54) is 107 Å². The van der Waals surface area contributed by atoms with Crippen molar-refractivity contribution in [3.05, 3.63) is 187 Å². The molecule has 149 heavy (non-hydrogen) atoms. The molecule has 39 nitrogen and oxygen atoms in total. The van der Waals surface area contributed by atoms with Gasteiger partial charge < -0.3 is 52.1 Å². The van der Waals surface area contributed by atoms with E-state index in [0.717, 1.165) is 24.3 Å². The van der Waals surface area contributed by atoms with Crippen LogP contribution in [0.5, 0.6) is 0 Å². The number of nitrogens with one attached hydrogen (secondary N) is 6. The Kier molecular flexibility index (Phi) is 39.4. The number of amides is 9. The van der Waals surface area contributed by atoms with Gasteiger partial charge in [0.15, 0.2) is 23.1 Å². The molecule has 0 saturated carbocycles. The fourth-order valence-electron chi connectivity index (χ4n) is 15.4. The second kappa shape index (κ2) is 50.5. The summed E-state index contributed by atoms with van der Waals surface area (Å²) in [5.74, 6) is -9.03. The van der Waals surface area contributed by atoms with Crippen LogP contribution in [0.3, 0.4) is 0 Å². The lowest BCUT2D eigenvalue weighted by atomic mass is 10.1. The van der Waals surface area contributed by atoms with Crippen molar-refractivity contribution in [2.24, 2.45) is 10.1 Å². The highest BCUT2D eigenvalue weighted by Gasteiger charge is 2.45. The summed E-state index contributed by atoms with van der Waals surface area (Å²) < 4.78 is 157. The van der Waals surface area contributed by atoms with Crippen molar-refractivity contribution in [2.45, 2.75) is 160 Å². The Morgan fingerprint density at radius 3 is 1.06 bits per heavy atom.